The van der Waals surface area contributed by atoms with Crippen LogP contribution >= 0.6 is 0 Å². The molecule has 5 heteroatoms. The fourth-order valence-corrected chi connectivity index (χ4v) is 2.97. The SMILES string of the molecule is Cc1cc(C(=O)N2CCC(N)C(C)(C)C2)nn1C(C)(C)C. The lowest BCUT2D eigenvalue weighted by atomic mass is 9.79. The lowest BCUT2D eigenvalue weighted by Crippen LogP contribution is -2.54. The summed E-state index contributed by atoms with van der Waals surface area (Å²) < 4.78 is 1.92. The molecular weight excluding hydrogens is 264 g/mol. The van der Waals surface area contributed by atoms with E-state index in [1.165, 1.54) is 0 Å². The maximum absolute atomic E-state index is 12.7. The zero-order valence-corrected chi connectivity index (χ0v) is 14.1. The third kappa shape index (κ3) is 3.12. The summed E-state index contributed by atoms with van der Waals surface area (Å²) in [4.78, 5) is 14.6. The van der Waals surface area contributed by atoms with Gasteiger partial charge in [0.25, 0.3) is 5.91 Å². The number of amides is 1. The predicted octanol–water partition coefficient (Wildman–Crippen LogP) is 2.15. The number of nitrogens with two attached hydrogens (primary N) is 1. The quantitative estimate of drug-likeness (QED) is 0.862. The van der Waals surface area contributed by atoms with Gasteiger partial charge in [0.15, 0.2) is 5.69 Å². The van der Waals surface area contributed by atoms with E-state index in [4.69, 9.17) is 5.73 Å². The normalized spacial score (nSPS) is 22.4. The van der Waals surface area contributed by atoms with E-state index in [0.717, 1.165) is 12.1 Å². The van der Waals surface area contributed by atoms with Crippen LogP contribution in [0.15, 0.2) is 6.07 Å². The van der Waals surface area contributed by atoms with Crippen LogP contribution in [0.1, 0.15) is 57.2 Å². The summed E-state index contributed by atoms with van der Waals surface area (Å²) in [5.74, 6) is 0.0149. The van der Waals surface area contributed by atoms with E-state index in [1.807, 2.05) is 22.6 Å². The molecule has 2 rings (SSSR count). The highest BCUT2D eigenvalue weighted by molar-refractivity contribution is 5.92. The molecule has 118 valence electrons. The van der Waals surface area contributed by atoms with Crippen molar-refractivity contribution in [1.82, 2.24) is 14.7 Å². The van der Waals surface area contributed by atoms with Gasteiger partial charge < -0.3 is 10.6 Å². The van der Waals surface area contributed by atoms with E-state index in [9.17, 15) is 4.79 Å². The van der Waals surface area contributed by atoms with Gasteiger partial charge in [-0.3, -0.25) is 9.48 Å². The standard InChI is InChI=1S/C16H28N4O/c1-11-9-12(18-20(11)15(2,3)4)14(21)19-8-7-13(17)16(5,6)10-19/h9,13H,7-8,10,17H2,1-6H3. The largest absolute Gasteiger partial charge is 0.337 e. The molecule has 0 aliphatic carbocycles. The molecule has 1 unspecified atom stereocenters. The second kappa shape index (κ2) is 5.13. The summed E-state index contributed by atoms with van der Waals surface area (Å²) in [6.45, 7) is 13.9. The number of likely N-dealkylation sites (tertiary alicyclic amines) is 1. The van der Waals surface area contributed by atoms with Gasteiger partial charge in [-0.05, 0) is 45.6 Å². The molecule has 5 nitrogen and oxygen atoms in total. The van der Waals surface area contributed by atoms with Gasteiger partial charge in [-0.25, -0.2) is 0 Å². The molecule has 2 heterocycles. The van der Waals surface area contributed by atoms with Crippen molar-refractivity contribution >= 4 is 5.91 Å². The fraction of sp³-hybridized carbons (Fsp3) is 0.750. The topological polar surface area (TPSA) is 64.2 Å². The van der Waals surface area contributed by atoms with E-state index in [-0.39, 0.29) is 22.9 Å². The second-order valence-corrected chi connectivity index (χ2v) is 7.86. The lowest BCUT2D eigenvalue weighted by molar-refractivity contribution is 0.0526. The molecule has 1 aliphatic rings. The van der Waals surface area contributed by atoms with Gasteiger partial charge in [-0.1, -0.05) is 13.8 Å². The molecule has 2 N–H and O–H groups in total. The van der Waals surface area contributed by atoms with Crippen LogP contribution in [0.3, 0.4) is 0 Å². The van der Waals surface area contributed by atoms with Gasteiger partial charge in [0, 0.05) is 24.8 Å². The van der Waals surface area contributed by atoms with Crippen molar-refractivity contribution in [3.63, 3.8) is 0 Å². The maximum Gasteiger partial charge on any atom is 0.274 e. The van der Waals surface area contributed by atoms with Crippen molar-refractivity contribution in [2.24, 2.45) is 11.1 Å². The molecule has 1 aromatic rings. The summed E-state index contributed by atoms with van der Waals surface area (Å²) in [6, 6.07) is 2.03. The number of carbonyl (C=O) groups excluding carboxylic acids is 1. The van der Waals surface area contributed by atoms with Crippen LogP contribution in [0, 0.1) is 12.3 Å². The Labute approximate surface area is 127 Å². The number of aromatic nitrogens is 2. The highest BCUT2D eigenvalue weighted by atomic mass is 16.2. The van der Waals surface area contributed by atoms with Crippen LogP contribution in [0.5, 0.6) is 0 Å². The van der Waals surface area contributed by atoms with E-state index in [1.54, 1.807) is 0 Å². The molecule has 0 radical (unpaired) electrons. The Kier molecular flexibility index (Phi) is 3.91. The summed E-state index contributed by atoms with van der Waals surface area (Å²) in [5.41, 5.74) is 7.52. The van der Waals surface area contributed by atoms with Crippen LogP contribution in [0.25, 0.3) is 0 Å². The molecule has 1 amide bonds. The molecule has 0 saturated carbocycles. The summed E-state index contributed by atoms with van der Waals surface area (Å²) in [7, 11) is 0. The first-order valence-corrected chi connectivity index (χ1v) is 7.64. The zero-order chi connectivity index (χ0) is 16.0. The first kappa shape index (κ1) is 16.0. The Morgan fingerprint density at radius 2 is 2.05 bits per heavy atom. The monoisotopic (exact) mass is 292 g/mol. The van der Waals surface area contributed by atoms with Gasteiger partial charge in [-0.15, -0.1) is 0 Å². The van der Waals surface area contributed by atoms with Crippen molar-refractivity contribution in [3.05, 3.63) is 17.5 Å². The Hall–Kier alpha value is -1.36. The van der Waals surface area contributed by atoms with Crippen LogP contribution in [-0.4, -0.2) is 39.7 Å². The first-order chi connectivity index (χ1) is 9.52. The molecule has 0 bridgehead atoms. The minimum Gasteiger partial charge on any atom is -0.337 e. The lowest BCUT2D eigenvalue weighted by Gasteiger charge is -2.42. The smallest absolute Gasteiger partial charge is 0.274 e. The number of hydrogen-bond acceptors (Lipinski definition) is 3. The second-order valence-electron chi connectivity index (χ2n) is 7.86. The van der Waals surface area contributed by atoms with Gasteiger partial charge >= 0.3 is 0 Å². The molecule has 1 saturated heterocycles. The number of nitrogens with zero attached hydrogens (tertiary/aromatic N) is 3. The fourth-order valence-electron chi connectivity index (χ4n) is 2.97. The third-order valence-electron chi connectivity index (χ3n) is 4.34. The zero-order valence-electron chi connectivity index (χ0n) is 14.1. The van der Waals surface area contributed by atoms with Crippen LogP contribution in [0.4, 0.5) is 0 Å². The maximum atomic E-state index is 12.7. The van der Waals surface area contributed by atoms with Gasteiger partial charge in [0.2, 0.25) is 0 Å². The van der Waals surface area contributed by atoms with Crippen LogP contribution in [0.2, 0.25) is 0 Å². The molecular formula is C16H28N4O. The van der Waals surface area contributed by atoms with Crippen molar-refractivity contribution in [3.8, 4) is 0 Å². The molecule has 1 aliphatic heterocycles. The summed E-state index contributed by atoms with van der Waals surface area (Å²) in [5, 5.41) is 4.52. The average molecular weight is 292 g/mol. The highest BCUT2D eigenvalue weighted by Crippen LogP contribution is 2.28. The minimum absolute atomic E-state index is 0.0149. The van der Waals surface area contributed by atoms with Gasteiger partial charge in [0.1, 0.15) is 0 Å². The highest BCUT2D eigenvalue weighted by Gasteiger charge is 2.36. The molecule has 1 aromatic heterocycles. The molecule has 1 fully saturated rings. The van der Waals surface area contributed by atoms with E-state index < -0.39 is 0 Å². The predicted molar refractivity (Wildman–Crippen MR) is 84.2 cm³/mol. The molecule has 21 heavy (non-hydrogen) atoms. The van der Waals surface area contributed by atoms with E-state index in [0.29, 0.717) is 18.8 Å². The van der Waals surface area contributed by atoms with Crippen molar-refractivity contribution in [1.29, 1.82) is 0 Å². The Morgan fingerprint density at radius 3 is 2.52 bits per heavy atom. The van der Waals surface area contributed by atoms with Crippen molar-refractivity contribution < 1.29 is 4.79 Å². The molecule has 1 atom stereocenters. The van der Waals surface area contributed by atoms with Crippen LogP contribution in [-0.2, 0) is 5.54 Å². The van der Waals surface area contributed by atoms with Crippen molar-refractivity contribution in [2.75, 3.05) is 13.1 Å². The van der Waals surface area contributed by atoms with E-state index in [2.05, 4.69) is 39.7 Å². The number of piperidine rings is 1. The average Bonchev–Trinajstić information content (AvgIpc) is 2.73. The summed E-state index contributed by atoms with van der Waals surface area (Å²) >= 11 is 0. The Morgan fingerprint density at radius 1 is 1.43 bits per heavy atom. The molecule has 0 aromatic carbocycles. The number of aryl methyl sites for hydroxylation is 1. The summed E-state index contributed by atoms with van der Waals surface area (Å²) in [6.07, 6.45) is 0.845. The van der Waals surface area contributed by atoms with Crippen LogP contribution < -0.4 is 5.73 Å². The Bertz CT molecular complexity index is 539. The number of hydrogen-bond donors (Lipinski definition) is 1. The van der Waals surface area contributed by atoms with Crippen molar-refractivity contribution in [2.45, 2.75) is 59.5 Å². The van der Waals surface area contributed by atoms with E-state index >= 15 is 0 Å². The molecule has 0 spiro atoms. The first-order valence-electron chi connectivity index (χ1n) is 7.64. The van der Waals surface area contributed by atoms with Gasteiger partial charge in [0.05, 0.1) is 5.54 Å². The third-order valence-corrected chi connectivity index (χ3v) is 4.34. The minimum atomic E-state index is -0.119. The van der Waals surface area contributed by atoms with Gasteiger partial charge in [-0.2, -0.15) is 5.10 Å². The Balaban J connectivity index is 2.22. The number of rotatable bonds is 1. The number of carbonyl (C=O) groups is 1.